The molecule has 0 aromatic carbocycles. The largest absolute Gasteiger partial charge is 0.481 e. The van der Waals surface area contributed by atoms with Gasteiger partial charge in [-0.3, -0.25) is 14.6 Å². The fourth-order valence-electron chi connectivity index (χ4n) is 1.50. The number of hydrogen-bond donors (Lipinski definition) is 2. The molecule has 0 saturated carbocycles. The highest BCUT2D eigenvalue weighted by molar-refractivity contribution is 6.33. The zero-order chi connectivity index (χ0) is 13.5. The lowest BCUT2D eigenvalue weighted by atomic mass is 10.0. The maximum atomic E-state index is 11.8. The number of pyridine rings is 1. The summed E-state index contributed by atoms with van der Waals surface area (Å²) in [6, 6.07) is 1.52. The Bertz CT molecular complexity index is 437. The van der Waals surface area contributed by atoms with Gasteiger partial charge >= 0.3 is 5.97 Å². The van der Waals surface area contributed by atoms with E-state index in [1.54, 1.807) is 0 Å². The van der Waals surface area contributed by atoms with Gasteiger partial charge in [0, 0.05) is 25.4 Å². The number of carbonyl (C=O) groups is 2. The molecule has 0 aliphatic carbocycles. The van der Waals surface area contributed by atoms with Crippen molar-refractivity contribution in [1.82, 2.24) is 10.3 Å². The third-order valence-corrected chi connectivity index (χ3v) is 2.91. The molecular formula is C12H15ClN2O3. The van der Waals surface area contributed by atoms with E-state index in [1.165, 1.54) is 18.5 Å². The summed E-state index contributed by atoms with van der Waals surface area (Å²) in [4.78, 5) is 26.2. The summed E-state index contributed by atoms with van der Waals surface area (Å²) in [7, 11) is 0. The average molecular weight is 271 g/mol. The molecule has 1 rings (SSSR count). The minimum absolute atomic E-state index is 0.0425. The van der Waals surface area contributed by atoms with Gasteiger partial charge in [0.15, 0.2) is 0 Å². The molecule has 18 heavy (non-hydrogen) atoms. The molecule has 5 nitrogen and oxygen atoms in total. The molecule has 1 aromatic heterocycles. The van der Waals surface area contributed by atoms with Crippen molar-refractivity contribution in [3.8, 4) is 0 Å². The number of aliphatic carboxylic acids is 1. The van der Waals surface area contributed by atoms with Crippen LogP contribution in [0.3, 0.4) is 0 Å². The number of nitrogens with zero attached hydrogens (tertiary/aromatic N) is 1. The predicted molar refractivity (Wildman–Crippen MR) is 67.6 cm³/mol. The molecule has 1 unspecified atom stereocenters. The van der Waals surface area contributed by atoms with Crippen LogP contribution >= 0.6 is 11.6 Å². The number of halogens is 1. The average Bonchev–Trinajstić information content (AvgIpc) is 2.34. The van der Waals surface area contributed by atoms with Crippen molar-refractivity contribution in [2.24, 2.45) is 5.92 Å². The van der Waals surface area contributed by atoms with Crippen LogP contribution in [-0.2, 0) is 4.79 Å². The van der Waals surface area contributed by atoms with Crippen LogP contribution in [0.25, 0.3) is 0 Å². The van der Waals surface area contributed by atoms with E-state index in [1.807, 2.05) is 6.92 Å². The van der Waals surface area contributed by atoms with Crippen molar-refractivity contribution in [3.63, 3.8) is 0 Å². The summed E-state index contributed by atoms with van der Waals surface area (Å²) in [5, 5.41) is 11.7. The van der Waals surface area contributed by atoms with Crippen LogP contribution in [0.1, 0.15) is 30.1 Å². The van der Waals surface area contributed by atoms with Gasteiger partial charge in [-0.1, -0.05) is 24.9 Å². The second kappa shape index (κ2) is 6.96. The first-order valence-corrected chi connectivity index (χ1v) is 6.01. The van der Waals surface area contributed by atoms with Crippen LogP contribution in [0.4, 0.5) is 0 Å². The van der Waals surface area contributed by atoms with E-state index < -0.39 is 5.97 Å². The molecule has 0 aliphatic rings. The quantitative estimate of drug-likeness (QED) is 0.828. The Morgan fingerprint density at radius 2 is 2.28 bits per heavy atom. The van der Waals surface area contributed by atoms with Gasteiger partial charge in [0.05, 0.1) is 10.6 Å². The summed E-state index contributed by atoms with van der Waals surface area (Å²) in [5.41, 5.74) is 0.344. The van der Waals surface area contributed by atoms with Crippen LogP contribution in [0, 0.1) is 5.92 Å². The summed E-state index contributed by atoms with van der Waals surface area (Å²) in [6.45, 7) is 2.21. The van der Waals surface area contributed by atoms with E-state index in [2.05, 4.69) is 10.3 Å². The molecule has 1 heterocycles. The first-order valence-electron chi connectivity index (χ1n) is 5.64. The SMILES string of the molecule is CCC(CNC(=O)c1ccncc1Cl)CC(=O)O. The third-order valence-electron chi connectivity index (χ3n) is 2.61. The monoisotopic (exact) mass is 270 g/mol. The Labute approximate surface area is 110 Å². The molecule has 0 spiro atoms. The van der Waals surface area contributed by atoms with Crippen LogP contribution < -0.4 is 5.32 Å². The normalized spacial score (nSPS) is 11.9. The fraction of sp³-hybridized carbons (Fsp3) is 0.417. The second-order valence-corrected chi connectivity index (χ2v) is 4.34. The van der Waals surface area contributed by atoms with Crippen molar-refractivity contribution < 1.29 is 14.7 Å². The lowest BCUT2D eigenvalue weighted by molar-refractivity contribution is -0.138. The number of aromatic nitrogens is 1. The molecule has 98 valence electrons. The van der Waals surface area contributed by atoms with Crippen molar-refractivity contribution in [2.75, 3.05) is 6.54 Å². The van der Waals surface area contributed by atoms with Gasteiger partial charge in [-0.15, -0.1) is 0 Å². The molecular weight excluding hydrogens is 256 g/mol. The van der Waals surface area contributed by atoms with Gasteiger partial charge in [-0.2, -0.15) is 0 Å². The number of rotatable bonds is 6. The van der Waals surface area contributed by atoms with Crippen molar-refractivity contribution >= 4 is 23.5 Å². The molecule has 2 N–H and O–H groups in total. The molecule has 0 bridgehead atoms. The number of amides is 1. The Balaban J connectivity index is 2.55. The smallest absolute Gasteiger partial charge is 0.303 e. The maximum absolute atomic E-state index is 11.8. The van der Waals surface area contributed by atoms with E-state index in [4.69, 9.17) is 16.7 Å². The van der Waals surface area contributed by atoms with E-state index in [0.29, 0.717) is 18.5 Å². The topological polar surface area (TPSA) is 79.3 Å². The zero-order valence-corrected chi connectivity index (χ0v) is 10.8. The predicted octanol–water partition coefficient (Wildman–Crippen LogP) is 1.97. The third kappa shape index (κ3) is 4.33. The lowest BCUT2D eigenvalue weighted by Gasteiger charge is -2.13. The number of carbonyl (C=O) groups excluding carboxylic acids is 1. The Morgan fingerprint density at radius 3 is 2.83 bits per heavy atom. The van der Waals surface area contributed by atoms with Crippen LogP contribution in [0.15, 0.2) is 18.5 Å². The first-order chi connectivity index (χ1) is 8.54. The molecule has 0 aliphatic heterocycles. The van der Waals surface area contributed by atoms with E-state index in [9.17, 15) is 9.59 Å². The van der Waals surface area contributed by atoms with Gasteiger partial charge in [-0.25, -0.2) is 0 Å². The zero-order valence-electron chi connectivity index (χ0n) is 10.0. The summed E-state index contributed by atoms with van der Waals surface area (Å²) >= 11 is 5.84. The van der Waals surface area contributed by atoms with Crippen molar-refractivity contribution in [2.45, 2.75) is 19.8 Å². The molecule has 1 aromatic rings. The maximum Gasteiger partial charge on any atom is 0.303 e. The number of nitrogens with one attached hydrogen (secondary N) is 1. The van der Waals surface area contributed by atoms with Crippen molar-refractivity contribution in [3.05, 3.63) is 29.0 Å². The Hall–Kier alpha value is -1.62. The standard InChI is InChI=1S/C12H15ClN2O3/c1-2-8(5-11(16)17)6-15-12(18)9-3-4-14-7-10(9)13/h3-4,7-8H,2,5-6H2,1H3,(H,15,18)(H,16,17). The van der Waals surface area contributed by atoms with Gasteiger partial charge in [-0.05, 0) is 12.0 Å². The fourth-order valence-corrected chi connectivity index (χ4v) is 1.70. The first kappa shape index (κ1) is 14.4. The van der Waals surface area contributed by atoms with Crippen LogP contribution in [-0.4, -0.2) is 28.5 Å². The molecule has 0 fully saturated rings. The van der Waals surface area contributed by atoms with Gasteiger partial charge < -0.3 is 10.4 Å². The Morgan fingerprint density at radius 1 is 1.56 bits per heavy atom. The molecule has 6 heteroatoms. The Kier molecular flexibility index (Phi) is 5.58. The van der Waals surface area contributed by atoms with Gasteiger partial charge in [0.2, 0.25) is 0 Å². The number of carboxylic acid groups (broad SMARTS) is 1. The molecule has 1 amide bonds. The molecule has 0 radical (unpaired) electrons. The van der Waals surface area contributed by atoms with Crippen LogP contribution in [0.2, 0.25) is 5.02 Å². The number of hydrogen-bond acceptors (Lipinski definition) is 3. The summed E-state index contributed by atoms with van der Waals surface area (Å²) in [6.07, 6.45) is 3.61. The number of carboxylic acids is 1. The lowest BCUT2D eigenvalue weighted by Crippen LogP contribution is -2.30. The highest BCUT2D eigenvalue weighted by atomic mass is 35.5. The highest BCUT2D eigenvalue weighted by Gasteiger charge is 2.14. The summed E-state index contributed by atoms with van der Waals surface area (Å²) in [5.74, 6) is -1.25. The van der Waals surface area contributed by atoms with Crippen LogP contribution in [0.5, 0.6) is 0 Å². The van der Waals surface area contributed by atoms with E-state index in [-0.39, 0.29) is 23.3 Å². The van der Waals surface area contributed by atoms with Gasteiger partial charge in [0.25, 0.3) is 5.91 Å². The van der Waals surface area contributed by atoms with Crippen molar-refractivity contribution in [1.29, 1.82) is 0 Å². The van der Waals surface area contributed by atoms with E-state index in [0.717, 1.165) is 0 Å². The minimum Gasteiger partial charge on any atom is -0.481 e. The minimum atomic E-state index is -0.863. The highest BCUT2D eigenvalue weighted by Crippen LogP contribution is 2.13. The molecule has 0 saturated heterocycles. The summed E-state index contributed by atoms with van der Waals surface area (Å²) < 4.78 is 0. The van der Waals surface area contributed by atoms with Gasteiger partial charge in [0.1, 0.15) is 0 Å². The van der Waals surface area contributed by atoms with E-state index >= 15 is 0 Å². The second-order valence-electron chi connectivity index (χ2n) is 3.94. The molecule has 1 atom stereocenters.